The van der Waals surface area contributed by atoms with E-state index in [4.69, 9.17) is 0 Å². The highest BCUT2D eigenvalue weighted by Crippen LogP contribution is 2.51. The van der Waals surface area contributed by atoms with Gasteiger partial charge in [0, 0.05) is 192 Å². The van der Waals surface area contributed by atoms with E-state index in [1.165, 1.54) is 213 Å². The summed E-state index contributed by atoms with van der Waals surface area (Å²) in [6, 6.07) is 167. The van der Waals surface area contributed by atoms with Gasteiger partial charge in [0.05, 0.1) is 5.69 Å². The predicted molar refractivity (Wildman–Crippen MR) is 585 cm³/mol. The first kappa shape index (κ1) is 78.2. The molecule has 132 heavy (non-hydrogen) atoms. The molecule has 0 aliphatic rings. The highest BCUT2D eigenvalue weighted by molar-refractivity contribution is 7.28. The molecule has 0 radical (unpaired) electrons. The van der Waals surface area contributed by atoms with Crippen LogP contribution in [0.25, 0.3) is 196 Å². The molecule has 10 heteroatoms. The van der Waals surface area contributed by atoms with Gasteiger partial charge in [-0.15, -0.1) is 79.4 Å². The fourth-order valence-electron chi connectivity index (χ4n) is 19.7. The first-order valence-electron chi connectivity index (χ1n) is 44.4. The Morgan fingerprint density at radius 1 is 0.129 bits per heavy atom. The van der Waals surface area contributed by atoms with Crippen LogP contribution < -0.4 is 14.7 Å². The molecule has 28 aromatic rings. The molecule has 0 atom stereocenters. The zero-order valence-electron chi connectivity index (χ0n) is 71.0. The molecule has 620 valence electrons. The van der Waals surface area contributed by atoms with Gasteiger partial charge in [-0.2, -0.15) is 0 Å². The summed E-state index contributed by atoms with van der Waals surface area (Å²) in [6.07, 6.45) is 0. The third-order valence-corrected chi connectivity index (χ3v) is 34.1. The molecular formula is C122H75N3S7. The monoisotopic (exact) mass is 1810 g/mol. The molecule has 7 heterocycles. The highest BCUT2D eigenvalue weighted by atomic mass is 32.1. The lowest BCUT2D eigenvalue weighted by atomic mass is 9.98. The number of rotatable bonds is 12. The van der Waals surface area contributed by atoms with E-state index in [2.05, 4.69) is 470 Å². The molecule has 28 rings (SSSR count). The lowest BCUT2D eigenvalue weighted by molar-refractivity contribution is 1.30. The second-order valence-corrected chi connectivity index (χ2v) is 41.2. The van der Waals surface area contributed by atoms with Gasteiger partial charge < -0.3 is 14.7 Å². The van der Waals surface area contributed by atoms with Crippen LogP contribution >= 0.6 is 79.4 Å². The molecule has 21 aromatic carbocycles. The van der Waals surface area contributed by atoms with Crippen LogP contribution in [-0.2, 0) is 0 Å². The summed E-state index contributed by atoms with van der Waals surface area (Å²) < 4.78 is 18.6. The van der Waals surface area contributed by atoms with Gasteiger partial charge >= 0.3 is 0 Å². The molecule has 0 unspecified atom stereocenters. The van der Waals surface area contributed by atoms with Crippen LogP contribution in [0.1, 0.15) is 0 Å². The molecule has 0 spiro atoms. The van der Waals surface area contributed by atoms with Gasteiger partial charge in [-0.1, -0.05) is 267 Å². The minimum atomic E-state index is 1.12. The molecule has 0 bridgehead atoms. The summed E-state index contributed by atoms with van der Waals surface area (Å²) >= 11 is 13.1. The third-order valence-electron chi connectivity index (χ3n) is 26.0. The minimum absolute atomic E-state index is 1.12. The Labute approximate surface area is 789 Å². The predicted octanol–water partition coefficient (Wildman–Crippen LogP) is 39.4. The van der Waals surface area contributed by atoms with E-state index in [1.807, 2.05) is 79.4 Å². The lowest BCUT2D eigenvalue weighted by Gasteiger charge is -2.27. The van der Waals surface area contributed by atoms with E-state index in [9.17, 15) is 0 Å². The molecule has 0 fully saturated rings. The SMILES string of the molecule is c1ccc2c(-c3ccc(N(c4ccc(-c5cccc6c5sc5ccccc56)cc4)c4cccc5ccccc45)cc3)cccc2c1.c1ccc2c(c1)sc1ccc(-c3ccc(N(c4ccc5sc6ccccc6c5c4)c4ccc5sc6ccccc6c5c4)cc3)cc12.c1ccc2c(c1)sc1ccc(N(c3ccc4sc5ccccc5c4c3)c3ccc4sc5ccccc5c4c3)cc12. The van der Waals surface area contributed by atoms with Crippen LogP contribution in [0.2, 0.25) is 0 Å². The standard InChI is InChI=1S/C44H29NS.C42H25NS3.C36H21NS3/c1-3-14-36-30(10-1)12-7-17-37(36)32-22-26-34(27-23-32)45(42-20-8-13-31-11-2-4-15-38(31)42)35-28-24-33(25-29-35)39-18-9-19-41-40-16-5-6-21-43(40)46-44(39)41;1-4-10-37-31(7-1)34-23-27(15-20-40(34)44-37)26-13-16-28(17-14-26)43(29-18-21-41-35(24-29)32-8-2-5-11-38(32)45-41)30-19-22-42-36(25-30)33-9-3-6-12-39(33)46-42;1-4-10-31-25(7-1)28-19-22(13-16-34(28)38-31)37(23-14-17-35-29(20-23)26-8-2-5-11-32(26)39-35)24-15-18-36-30(21-24)27-9-3-6-12-33(27)40-36/h1-29H;1-25H;1-21H. The van der Waals surface area contributed by atoms with E-state index in [0.29, 0.717) is 0 Å². The molecule has 0 saturated carbocycles. The Balaban J connectivity index is 0.000000104. The molecule has 0 aliphatic heterocycles. The van der Waals surface area contributed by atoms with Crippen molar-refractivity contribution in [3.8, 4) is 33.4 Å². The average molecular weight is 1810 g/mol. The summed E-state index contributed by atoms with van der Waals surface area (Å²) in [7, 11) is 0. The lowest BCUT2D eigenvalue weighted by Crippen LogP contribution is -2.10. The molecule has 3 nitrogen and oxygen atoms in total. The van der Waals surface area contributed by atoms with Crippen molar-refractivity contribution in [2.24, 2.45) is 0 Å². The van der Waals surface area contributed by atoms with Crippen molar-refractivity contribution in [2.75, 3.05) is 14.7 Å². The molecule has 0 amide bonds. The van der Waals surface area contributed by atoms with Gasteiger partial charge in [0.15, 0.2) is 0 Å². The zero-order chi connectivity index (χ0) is 86.9. The van der Waals surface area contributed by atoms with Crippen LogP contribution in [0.4, 0.5) is 51.2 Å². The summed E-state index contributed by atoms with van der Waals surface area (Å²) in [6.45, 7) is 0. The Morgan fingerprint density at radius 2 is 0.371 bits per heavy atom. The first-order chi connectivity index (χ1) is 65.4. The number of thiophene rings is 7. The normalized spacial score (nSPS) is 11.8. The van der Waals surface area contributed by atoms with Gasteiger partial charge in [-0.25, -0.2) is 0 Å². The minimum Gasteiger partial charge on any atom is -0.310 e. The number of fused-ring (bicyclic) bond motifs is 23. The smallest absolute Gasteiger partial charge is 0.0540 e. The number of nitrogens with zero attached hydrogens (tertiary/aromatic N) is 3. The van der Waals surface area contributed by atoms with Crippen molar-refractivity contribution >= 4 is 293 Å². The maximum absolute atomic E-state index is 2.43. The average Bonchev–Trinajstić information content (AvgIpc) is 1.56. The Bertz CT molecular complexity index is 9010. The number of benzene rings is 21. The Hall–Kier alpha value is -14.9. The first-order valence-corrected chi connectivity index (χ1v) is 50.2. The van der Waals surface area contributed by atoms with Crippen molar-refractivity contribution < 1.29 is 0 Å². The van der Waals surface area contributed by atoms with Crippen molar-refractivity contribution in [1.82, 2.24) is 0 Å². The van der Waals surface area contributed by atoms with Gasteiger partial charge in [-0.05, 0) is 238 Å². The number of hydrogen-bond acceptors (Lipinski definition) is 10. The fourth-order valence-corrected chi connectivity index (χ4v) is 27.5. The fraction of sp³-hybridized carbons (Fsp3) is 0. The molecule has 0 aliphatic carbocycles. The number of anilines is 9. The van der Waals surface area contributed by atoms with E-state index in [0.717, 1.165) is 34.1 Å². The zero-order valence-corrected chi connectivity index (χ0v) is 76.7. The van der Waals surface area contributed by atoms with Gasteiger partial charge in [0.2, 0.25) is 0 Å². The van der Waals surface area contributed by atoms with Crippen molar-refractivity contribution in [3.63, 3.8) is 0 Å². The summed E-state index contributed by atoms with van der Waals surface area (Å²) in [4.78, 5) is 7.24. The topological polar surface area (TPSA) is 9.72 Å². The maximum Gasteiger partial charge on any atom is 0.0540 e. The van der Waals surface area contributed by atoms with Crippen molar-refractivity contribution in [2.45, 2.75) is 0 Å². The van der Waals surface area contributed by atoms with Crippen LogP contribution in [0.15, 0.2) is 455 Å². The number of hydrogen-bond donors (Lipinski definition) is 0. The van der Waals surface area contributed by atoms with Crippen molar-refractivity contribution in [3.05, 3.63) is 455 Å². The highest BCUT2D eigenvalue weighted by Gasteiger charge is 2.24. The van der Waals surface area contributed by atoms with E-state index >= 15 is 0 Å². The van der Waals surface area contributed by atoms with Gasteiger partial charge in [0.25, 0.3) is 0 Å². The summed E-state index contributed by atoms with van der Waals surface area (Å²) in [5.41, 5.74) is 17.8. The van der Waals surface area contributed by atoms with Crippen LogP contribution in [0.5, 0.6) is 0 Å². The van der Waals surface area contributed by atoms with E-state index in [-0.39, 0.29) is 0 Å². The molecular weight excluding hydrogens is 1730 g/mol. The third kappa shape index (κ3) is 13.7. The van der Waals surface area contributed by atoms with Crippen LogP contribution in [0, 0.1) is 0 Å². The van der Waals surface area contributed by atoms with Gasteiger partial charge in [-0.3, -0.25) is 0 Å². The molecule has 0 saturated heterocycles. The molecule has 0 N–H and O–H groups in total. The quantitative estimate of drug-likeness (QED) is 0.121. The van der Waals surface area contributed by atoms with Crippen LogP contribution in [0.3, 0.4) is 0 Å². The molecule has 7 aromatic heterocycles. The van der Waals surface area contributed by atoms with E-state index < -0.39 is 0 Å². The second kappa shape index (κ2) is 32.6. The summed E-state index contributed by atoms with van der Waals surface area (Å²) in [5.74, 6) is 0. The van der Waals surface area contributed by atoms with Gasteiger partial charge in [0.1, 0.15) is 0 Å². The Kier molecular flexibility index (Phi) is 19.3. The van der Waals surface area contributed by atoms with E-state index in [1.54, 1.807) is 0 Å². The second-order valence-electron chi connectivity index (χ2n) is 33.7. The Morgan fingerprint density at radius 3 is 0.773 bits per heavy atom. The summed E-state index contributed by atoms with van der Waals surface area (Å²) in [5, 5.41) is 23.4. The van der Waals surface area contributed by atoms with Crippen molar-refractivity contribution in [1.29, 1.82) is 0 Å². The largest absolute Gasteiger partial charge is 0.310 e. The maximum atomic E-state index is 2.43. The van der Waals surface area contributed by atoms with Crippen LogP contribution in [-0.4, -0.2) is 0 Å².